The Kier molecular flexibility index (Phi) is 1.92. The Balaban J connectivity index is 2.61. The quantitative estimate of drug-likeness (QED) is 0.516. The summed E-state index contributed by atoms with van der Waals surface area (Å²) in [5.74, 6) is -0.0191. The number of hydrogen-bond acceptors (Lipinski definition) is 3. The number of aliphatic hydroxyl groups excluding tert-OH is 1. The van der Waals surface area contributed by atoms with Crippen molar-refractivity contribution in [1.82, 2.24) is 9.80 Å². The average Bonchev–Trinajstić information content (AvgIpc) is 2.17. The Morgan fingerprint density at radius 3 is 2.60 bits per heavy atom. The van der Waals surface area contributed by atoms with Crippen LogP contribution in [0.4, 0.5) is 0 Å². The van der Waals surface area contributed by atoms with Gasteiger partial charge in [0.2, 0.25) is 5.91 Å². The number of carbonyl (C=O) groups excluding carboxylic acids is 1. The Hall–Kier alpha value is -0.610. The first-order valence-corrected chi connectivity index (χ1v) is 3.34. The van der Waals surface area contributed by atoms with Crippen molar-refractivity contribution >= 4 is 5.91 Å². The second kappa shape index (κ2) is 2.56. The SMILES string of the molecule is CCN1CC(=O)N(C)C1O. The highest BCUT2D eigenvalue weighted by atomic mass is 16.3. The van der Waals surface area contributed by atoms with Crippen LogP contribution in [0, 0.1) is 0 Å². The summed E-state index contributed by atoms with van der Waals surface area (Å²) in [6.45, 7) is 2.96. The van der Waals surface area contributed by atoms with Gasteiger partial charge >= 0.3 is 0 Å². The van der Waals surface area contributed by atoms with Gasteiger partial charge in [-0.15, -0.1) is 0 Å². The first-order valence-electron chi connectivity index (χ1n) is 3.34. The van der Waals surface area contributed by atoms with E-state index in [2.05, 4.69) is 0 Å². The Morgan fingerprint density at radius 1 is 1.80 bits per heavy atom. The lowest BCUT2D eigenvalue weighted by Crippen LogP contribution is -2.36. The highest BCUT2D eigenvalue weighted by Crippen LogP contribution is 2.09. The number of rotatable bonds is 1. The van der Waals surface area contributed by atoms with Gasteiger partial charge in [0.05, 0.1) is 6.54 Å². The van der Waals surface area contributed by atoms with Crippen molar-refractivity contribution in [3.63, 3.8) is 0 Å². The van der Waals surface area contributed by atoms with Crippen LogP contribution in [0.15, 0.2) is 0 Å². The first-order chi connectivity index (χ1) is 4.66. The van der Waals surface area contributed by atoms with E-state index in [9.17, 15) is 9.90 Å². The minimum Gasteiger partial charge on any atom is -0.361 e. The first kappa shape index (κ1) is 7.50. The fourth-order valence-electron chi connectivity index (χ4n) is 1.02. The molecule has 1 aliphatic rings. The van der Waals surface area contributed by atoms with Gasteiger partial charge in [0.25, 0.3) is 0 Å². The minimum absolute atomic E-state index is 0.0191. The maximum atomic E-state index is 10.9. The van der Waals surface area contributed by atoms with Gasteiger partial charge in [0, 0.05) is 13.6 Å². The van der Waals surface area contributed by atoms with Gasteiger partial charge in [-0.3, -0.25) is 9.69 Å². The van der Waals surface area contributed by atoms with Crippen LogP contribution in [0.3, 0.4) is 0 Å². The molecule has 1 aliphatic heterocycles. The van der Waals surface area contributed by atoms with Gasteiger partial charge in [-0.25, -0.2) is 0 Å². The van der Waals surface area contributed by atoms with Crippen molar-refractivity contribution in [2.75, 3.05) is 20.1 Å². The summed E-state index contributed by atoms with van der Waals surface area (Å²) < 4.78 is 0. The van der Waals surface area contributed by atoms with Gasteiger partial charge in [-0.1, -0.05) is 6.92 Å². The van der Waals surface area contributed by atoms with Crippen molar-refractivity contribution in [3.8, 4) is 0 Å². The lowest BCUT2D eigenvalue weighted by Gasteiger charge is -2.19. The molecule has 0 spiro atoms. The Morgan fingerprint density at radius 2 is 2.40 bits per heavy atom. The van der Waals surface area contributed by atoms with Crippen molar-refractivity contribution in [2.45, 2.75) is 13.3 Å². The maximum absolute atomic E-state index is 10.9. The molecule has 10 heavy (non-hydrogen) atoms. The van der Waals surface area contributed by atoms with Crippen LogP contribution in [0.25, 0.3) is 0 Å². The van der Waals surface area contributed by atoms with Crippen LogP contribution in [0.1, 0.15) is 6.92 Å². The van der Waals surface area contributed by atoms with Gasteiger partial charge in [0.1, 0.15) is 0 Å². The monoisotopic (exact) mass is 144 g/mol. The zero-order valence-electron chi connectivity index (χ0n) is 6.24. The third-order valence-electron chi connectivity index (χ3n) is 1.81. The van der Waals surface area contributed by atoms with Crippen LogP contribution < -0.4 is 0 Å². The summed E-state index contributed by atoms with van der Waals surface area (Å²) in [5, 5.41) is 9.26. The molecule has 1 amide bonds. The molecule has 1 N–H and O–H groups in total. The highest BCUT2D eigenvalue weighted by molar-refractivity contribution is 5.80. The third kappa shape index (κ3) is 0.998. The van der Waals surface area contributed by atoms with Gasteiger partial charge in [0.15, 0.2) is 6.35 Å². The fraction of sp³-hybridized carbons (Fsp3) is 0.833. The van der Waals surface area contributed by atoms with E-state index in [1.54, 1.807) is 11.9 Å². The van der Waals surface area contributed by atoms with Crippen molar-refractivity contribution in [3.05, 3.63) is 0 Å². The smallest absolute Gasteiger partial charge is 0.239 e. The second-order valence-electron chi connectivity index (χ2n) is 2.41. The molecule has 0 saturated carbocycles. The van der Waals surface area contributed by atoms with E-state index in [4.69, 9.17) is 0 Å². The number of carbonyl (C=O) groups is 1. The molecule has 0 aromatic rings. The zero-order chi connectivity index (χ0) is 7.72. The van der Waals surface area contributed by atoms with Gasteiger partial charge < -0.3 is 10.0 Å². The van der Waals surface area contributed by atoms with Gasteiger partial charge in [-0.05, 0) is 0 Å². The molecule has 1 heterocycles. The molecule has 4 heteroatoms. The molecule has 0 bridgehead atoms. The van der Waals surface area contributed by atoms with E-state index in [-0.39, 0.29) is 5.91 Å². The minimum atomic E-state index is -0.711. The maximum Gasteiger partial charge on any atom is 0.239 e. The molecule has 1 unspecified atom stereocenters. The normalized spacial score (nSPS) is 28.1. The summed E-state index contributed by atoms with van der Waals surface area (Å²) >= 11 is 0. The third-order valence-corrected chi connectivity index (χ3v) is 1.81. The van der Waals surface area contributed by atoms with Crippen molar-refractivity contribution in [1.29, 1.82) is 0 Å². The lowest BCUT2D eigenvalue weighted by molar-refractivity contribution is -0.131. The summed E-state index contributed by atoms with van der Waals surface area (Å²) in [6, 6.07) is 0. The van der Waals surface area contributed by atoms with E-state index in [0.717, 1.165) is 0 Å². The van der Waals surface area contributed by atoms with Crippen LogP contribution in [0.5, 0.6) is 0 Å². The number of amides is 1. The summed E-state index contributed by atoms with van der Waals surface area (Å²) in [6.07, 6.45) is -0.711. The average molecular weight is 144 g/mol. The number of aliphatic hydroxyl groups is 1. The van der Waals surface area contributed by atoms with Crippen molar-refractivity contribution < 1.29 is 9.90 Å². The predicted octanol–water partition coefficient (Wildman–Crippen LogP) is -0.944. The molecule has 1 atom stereocenters. The number of likely N-dealkylation sites (N-methyl/N-ethyl adjacent to an activating group) is 2. The molecule has 0 aliphatic carbocycles. The van der Waals surface area contributed by atoms with E-state index in [1.165, 1.54) is 4.90 Å². The Labute approximate surface area is 60.0 Å². The molecule has 0 radical (unpaired) electrons. The standard InChI is InChI=1S/C6H12N2O2/c1-3-8-4-5(9)7(2)6(8)10/h6,10H,3-4H2,1-2H3. The van der Waals surface area contributed by atoms with Crippen LogP contribution in [0.2, 0.25) is 0 Å². The molecular formula is C6H12N2O2. The van der Waals surface area contributed by atoms with Crippen molar-refractivity contribution in [2.24, 2.45) is 0 Å². The lowest BCUT2D eigenvalue weighted by atomic mass is 10.5. The largest absolute Gasteiger partial charge is 0.361 e. The van der Waals surface area contributed by atoms with Crippen LogP contribution >= 0.6 is 0 Å². The Bertz CT molecular complexity index is 149. The molecule has 1 fully saturated rings. The number of hydrogen-bond donors (Lipinski definition) is 1. The van der Waals surface area contributed by atoms with Crippen LogP contribution in [-0.4, -0.2) is 47.3 Å². The zero-order valence-corrected chi connectivity index (χ0v) is 6.24. The number of nitrogens with zero attached hydrogens (tertiary/aromatic N) is 2. The summed E-state index contributed by atoms with van der Waals surface area (Å²) in [7, 11) is 1.60. The predicted molar refractivity (Wildman–Crippen MR) is 36.0 cm³/mol. The van der Waals surface area contributed by atoms with E-state index >= 15 is 0 Å². The highest BCUT2D eigenvalue weighted by Gasteiger charge is 2.31. The van der Waals surface area contributed by atoms with Gasteiger partial charge in [-0.2, -0.15) is 0 Å². The fourth-order valence-corrected chi connectivity index (χ4v) is 1.02. The molecule has 58 valence electrons. The molecule has 1 rings (SSSR count). The second-order valence-corrected chi connectivity index (χ2v) is 2.41. The summed E-state index contributed by atoms with van der Waals surface area (Å²) in [5.41, 5.74) is 0. The molecular weight excluding hydrogens is 132 g/mol. The molecule has 4 nitrogen and oxygen atoms in total. The summed E-state index contributed by atoms with van der Waals surface area (Å²) in [4.78, 5) is 13.9. The van der Waals surface area contributed by atoms with E-state index in [1.807, 2.05) is 6.92 Å². The molecule has 0 aromatic carbocycles. The topological polar surface area (TPSA) is 43.8 Å². The van der Waals surface area contributed by atoms with E-state index in [0.29, 0.717) is 13.1 Å². The van der Waals surface area contributed by atoms with E-state index < -0.39 is 6.35 Å². The molecule has 0 aromatic heterocycles. The molecule has 1 saturated heterocycles. The van der Waals surface area contributed by atoms with Crippen LogP contribution in [-0.2, 0) is 4.79 Å².